The van der Waals surface area contributed by atoms with Gasteiger partial charge in [-0.1, -0.05) is 12.5 Å². The Morgan fingerprint density at radius 3 is 3.17 bits per heavy atom. The summed E-state index contributed by atoms with van der Waals surface area (Å²) in [7, 11) is 0. The number of hydrogen-bond acceptors (Lipinski definition) is 3. The van der Waals surface area contributed by atoms with Crippen LogP contribution in [-0.4, -0.2) is 17.6 Å². The lowest BCUT2D eigenvalue weighted by atomic mass is 10.0. The van der Waals surface area contributed by atoms with Gasteiger partial charge in [0.2, 0.25) is 0 Å². The van der Waals surface area contributed by atoms with E-state index in [0.717, 1.165) is 36.4 Å². The fraction of sp³-hybridized carbons (Fsp3) is 0.533. The number of nitrogens with zero attached hydrogens (tertiary/aromatic N) is 1. The summed E-state index contributed by atoms with van der Waals surface area (Å²) in [5.41, 5.74) is 3.12. The largest absolute Gasteiger partial charge is 0.441 e. The maximum absolute atomic E-state index is 5.80. The van der Waals surface area contributed by atoms with Crippen LogP contribution in [0.3, 0.4) is 0 Å². The topological polar surface area (TPSA) is 38.1 Å². The molecule has 3 heteroatoms. The fourth-order valence-electron chi connectivity index (χ4n) is 2.65. The van der Waals surface area contributed by atoms with Crippen LogP contribution >= 0.6 is 0 Å². The number of hydrogen-bond donors (Lipinski definition) is 1. The molecule has 1 aromatic carbocycles. The first kappa shape index (κ1) is 11.7. The molecule has 0 amide bonds. The zero-order valence-corrected chi connectivity index (χ0v) is 10.9. The molecular weight excluding hydrogens is 224 g/mol. The van der Waals surface area contributed by atoms with Gasteiger partial charge in [0.25, 0.3) is 0 Å². The van der Waals surface area contributed by atoms with Crippen LogP contribution in [0.1, 0.15) is 37.1 Å². The number of piperidine rings is 1. The Balaban J connectivity index is 1.67. The van der Waals surface area contributed by atoms with Crippen molar-refractivity contribution in [1.82, 2.24) is 10.3 Å². The second-order valence-corrected chi connectivity index (χ2v) is 5.26. The van der Waals surface area contributed by atoms with Gasteiger partial charge < -0.3 is 9.73 Å². The molecule has 1 fully saturated rings. The van der Waals surface area contributed by atoms with Crippen LogP contribution in [0.25, 0.3) is 11.1 Å². The number of rotatable bonds is 3. The van der Waals surface area contributed by atoms with E-state index in [1.807, 2.05) is 6.07 Å². The van der Waals surface area contributed by atoms with Gasteiger partial charge in [0.05, 0.1) is 0 Å². The van der Waals surface area contributed by atoms with Crippen LogP contribution in [0.4, 0.5) is 0 Å². The Morgan fingerprint density at radius 2 is 2.33 bits per heavy atom. The second kappa shape index (κ2) is 5.11. The quantitative estimate of drug-likeness (QED) is 0.901. The minimum Gasteiger partial charge on any atom is -0.441 e. The van der Waals surface area contributed by atoms with Crippen LogP contribution < -0.4 is 5.32 Å². The van der Waals surface area contributed by atoms with Crippen molar-refractivity contribution >= 4 is 11.1 Å². The van der Waals surface area contributed by atoms with E-state index in [2.05, 4.69) is 29.4 Å². The van der Waals surface area contributed by atoms with Gasteiger partial charge in [-0.15, -0.1) is 0 Å². The Bertz CT molecular complexity index is 526. The van der Waals surface area contributed by atoms with E-state index in [1.54, 1.807) is 0 Å². The first-order valence-electron chi connectivity index (χ1n) is 6.91. The molecule has 1 N–H and O–H groups in total. The highest BCUT2D eigenvalue weighted by molar-refractivity contribution is 5.73. The predicted octanol–water partition coefficient (Wildman–Crippen LogP) is 3.21. The third kappa shape index (κ3) is 2.56. The van der Waals surface area contributed by atoms with E-state index in [1.165, 1.54) is 24.8 Å². The molecule has 3 nitrogen and oxygen atoms in total. The molecular formula is C15H20N2O. The standard InChI is InChI=1S/C15H20N2O/c1-11-5-7-13-14(10-11)18-15(17-13)8-6-12-4-2-3-9-16-12/h5,7,10,12,16H,2-4,6,8-9H2,1H3. The molecule has 0 saturated carbocycles. The van der Waals surface area contributed by atoms with Gasteiger partial charge in [0.1, 0.15) is 5.52 Å². The first-order chi connectivity index (χ1) is 8.81. The van der Waals surface area contributed by atoms with Gasteiger partial charge in [-0.2, -0.15) is 0 Å². The molecule has 0 aliphatic carbocycles. The smallest absolute Gasteiger partial charge is 0.195 e. The molecule has 1 aliphatic rings. The molecule has 0 spiro atoms. The van der Waals surface area contributed by atoms with E-state index in [-0.39, 0.29) is 0 Å². The lowest BCUT2D eigenvalue weighted by Gasteiger charge is -2.22. The zero-order valence-electron chi connectivity index (χ0n) is 10.9. The van der Waals surface area contributed by atoms with E-state index in [9.17, 15) is 0 Å². The SMILES string of the molecule is Cc1ccc2nc(CCC3CCCCN3)oc2c1. The van der Waals surface area contributed by atoms with Crippen molar-refractivity contribution < 1.29 is 4.42 Å². The molecule has 1 unspecified atom stereocenters. The van der Waals surface area contributed by atoms with Crippen LogP contribution in [0.5, 0.6) is 0 Å². The molecule has 2 aromatic rings. The fourth-order valence-corrected chi connectivity index (χ4v) is 2.65. The highest BCUT2D eigenvalue weighted by atomic mass is 16.3. The third-order valence-corrected chi connectivity index (χ3v) is 3.71. The van der Waals surface area contributed by atoms with Crippen molar-refractivity contribution in [3.8, 4) is 0 Å². The maximum atomic E-state index is 5.80. The highest BCUT2D eigenvalue weighted by Crippen LogP contribution is 2.19. The minimum absolute atomic E-state index is 0.649. The lowest BCUT2D eigenvalue weighted by Crippen LogP contribution is -2.34. The van der Waals surface area contributed by atoms with Crippen molar-refractivity contribution in [3.05, 3.63) is 29.7 Å². The molecule has 3 rings (SSSR count). The summed E-state index contributed by atoms with van der Waals surface area (Å²) in [5.74, 6) is 0.878. The van der Waals surface area contributed by atoms with E-state index in [4.69, 9.17) is 4.42 Å². The van der Waals surface area contributed by atoms with Crippen LogP contribution in [0.2, 0.25) is 0 Å². The highest BCUT2D eigenvalue weighted by Gasteiger charge is 2.14. The molecule has 1 atom stereocenters. The van der Waals surface area contributed by atoms with Crippen molar-refractivity contribution in [2.75, 3.05) is 6.54 Å². The Labute approximate surface area is 108 Å². The molecule has 2 heterocycles. The Hall–Kier alpha value is -1.35. The molecule has 0 bridgehead atoms. The molecule has 1 aromatic heterocycles. The van der Waals surface area contributed by atoms with Gasteiger partial charge in [0, 0.05) is 12.5 Å². The summed E-state index contributed by atoms with van der Waals surface area (Å²) < 4.78 is 5.80. The molecule has 0 radical (unpaired) electrons. The summed E-state index contributed by atoms with van der Waals surface area (Å²) in [5, 5.41) is 3.56. The summed E-state index contributed by atoms with van der Waals surface area (Å²) in [6.45, 7) is 3.24. The van der Waals surface area contributed by atoms with Crippen molar-refractivity contribution in [2.24, 2.45) is 0 Å². The van der Waals surface area contributed by atoms with E-state index < -0.39 is 0 Å². The van der Waals surface area contributed by atoms with Gasteiger partial charge in [-0.05, 0) is 50.4 Å². The average molecular weight is 244 g/mol. The third-order valence-electron chi connectivity index (χ3n) is 3.71. The van der Waals surface area contributed by atoms with Gasteiger partial charge in [0.15, 0.2) is 11.5 Å². The molecule has 18 heavy (non-hydrogen) atoms. The van der Waals surface area contributed by atoms with Crippen LogP contribution in [0.15, 0.2) is 22.6 Å². The minimum atomic E-state index is 0.649. The number of benzene rings is 1. The summed E-state index contributed by atoms with van der Waals surface area (Å²) in [6.07, 6.45) is 6.03. The number of aromatic nitrogens is 1. The summed E-state index contributed by atoms with van der Waals surface area (Å²) >= 11 is 0. The average Bonchev–Trinajstić information content (AvgIpc) is 2.79. The number of fused-ring (bicyclic) bond motifs is 1. The lowest BCUT2D eigenvalue weighted by molar-refractivity contribution is 0.371. The molecule has 1 saturated heterocycles. The van der Waals surface area contributed by atoms with Gasteiger partial charge in [-0.25, -0.2) is 4.98 Å². The van der Waals surface area contributed by atoms with E-state index in [0.29, 0.717) is 6.04 Å². The van der Waals surface area contributed by atoms with E-state index >= 15 is 0 Å². The monoisotopic (exact) mass is 244 g/mol. The molecule has 96 valence electrons. The second-order valence-electron chi connectivity index (χ2n) is 5.26. The number of aryl methyl sites for hydroxylation is 2. The Morgan fingerprint density at radius 1 is 1.39 bits per heavy atom. The van der Waals surface area contributed by atoms with Crippen molar-refractivity contribution in [3.63, 3.8) is 0 Å². The van der Waals surface area contributed by atoms with Gasteiger partial charge in [-0.3, -0.25) is 0 Å². The normalized spacial score (nSPS) is 20.4. The molecule has 1 aliphatic heterocycles. The van der Waals surface area contributed by atoms with Gasteiger partial charge >= 0.3 is 0 Å². The first-order valence-corrected chi connectivity index (χ1v) is 6.91. The maximum Gasteiger partial charge on any atom is 0.195 e. The summed E-state index contributed by atoms with van der Waals surface area (Å²) in [4.78, 5) is 4.54. The van der Waals surface area contributed by atoms with Crippen molar-refractivity contribution in [2.45, 2.75) is 45.1 Å². The predicted molar refractivity (Wildman–Crippen MR) is 72.7 cm³/mol. The Kier molecular flexibility index (Phi) is 3.33. The number of oxazole rings is 1. The van der Waals surface area contributed by atoms with Crippen molar-refractivity contribution in [1.29, 1.82) is 0 Å². The summed E-state index contributed by atoms with van der Waals surface area (Å²) in [6, 6.07) is 6.83. The number of nitrogens with one attached hydrogen (secondary N) is 1. The van der Waals surface area contributed by atoms with Crippen LogP contribution in [-0.2, 0) is 6.42 Å². The van der Waals surface area contributed by atoms with Crippen LogP contribution in [0, 0.1) is 6.92 Å². The zero-order chi connectivity index (χ0) is 12.4.